The van der Waals surface area contributed by atoms with Crippen molar-refractivity contribution >= 4 is 23.2 Å². The van der Waals surface area contributed by atoms with Crippen molar-refractivity contribution < 1.29 is 0 Å². The quantitative estimate of drug-likeness (QED) is 0.386. The van der Waals surface area contributed by atoms with Gasteiger partial charge in [-0.1, -0.05) is 66.0 Å². The summed E-state index contributed by atoms with van der Waals surface area (Å²) in [4.78, 5) is 2.53. The van der Waals surface area contributed by atoms with E-state index in [0.29, 0.717) is 22.0 Å². The van der Waals surface area contributed by atoms with Gasteiger partial charge in [0.1, 0.15) is 0 Å². The van der Waals surface area contributed by atoms with Crippen LogP contribution in [0, 0.1) is 17.2 Å². The standard InChI is InChI=1S/C26H32Cl2N2/c1-20(2)30(17-14-21-8-4-3-5-9-21)16-7-15-26(19-29,22-10-6-11-22)23-12-13-24(27)25(28)18-23/h3-5,8-9,12-13,18,20,22H,6-7,10-11,14-17H2,1-2H3. The Kier molecular flexibility index (Phi) is 8.23. The number of nitriles is 1. The molecule has 1 aliphatic rings. The topological polar surface area (TPSA) is 27.0 Å². The number of nitrogens with zero attached hydrogens (tertiary/aromatic N) is 2. The fraction of sp³-hybridized carbons (Fsp3) is 0.500. The van der Waals surface area contributed by atoms with Crippen LogP contribution in [0.3, 0.4) is 0 Å². The van der Waals surface area contributed by atoms with Gasteiger partial charge >= 0.3 is 0 Å². The van der Waals surface area contributed by atoms with Gasteiger partial charge in [0.05, 0.1) is 21.5 Å². The summed E-state index contributed by atoms with van der Waals surface area (Å²) < 4.78 is 0. The van der Waals surface area contributed by atoms with Crippen LogP contribution in [0.4, 0.5) is 0 Å². The molecule has 0 N–H and O–H groups in total. The van der Waals surface area contributed by atoms with E-state index >= 15 is 0 Å². The fourth-order valence-corrected chi connectivity index (χ4v) is 4.88. The molecule has 30 heavy (non-hydrogen) atoms. The third kappa shape index (κ3) is 5.38. The SMILES string of the molecule is CC(C)N(CCCC(C#N)(c1ccc(Cl)c(Cl)c1)C1CCC1)CCc1ccccc1. The third-order valence-electron chi connectivity index (χ3n) is 6.71. The van der Waals surface area contributed by atoms with Gasteiger partial charge in [-0.25, -0.2) is 0 Å². The van der Waals surface area contributed by atoms with Crippen LogP contribution >= 0.6 is 23.2 Å². The van der Waals surface area contributed by atoms with Gasteiger partial charge in [-0.05, 0) is 81.7 Å². The highest BCUT2D eigenvalue weighted by molar-refractivity contribution is 6.42. The Morgan fingerprint density at radius 1 is 1.07 bits per heavy atom. The second-order valence-corrected chi connectivity index (χ2v) is 9.62. The number of benzene rings is 2. The van der Waals surface area contributed by atoms with Crippen molar-refractivity contribution in [3.63, 3.8) is 0 Å². The monoisotopic (exact) mass is 442 g/mol. The first kappa shape index (κ1) is 23.1. The average Bonchev–Trinajstić information content (AvgIpc) is 2.70. The predicted octanol–water partition coefficient (Wildman–Crippen LogP) is 7.29. The minimum atomic E-state index is -0.464. The highest BCUT2D eigenvalue weighted by Gasteiger charge is 2.43. The Bertz CT molecular complexity index is 855. The molecule has 0 heterocycles. The zero-order valence-corrected chi connectivity index (χ0v) is 19.6. The van der Waals surface area contributed by atoms with Gasteiger partial charge in [-0.2, -0.15) is 5.26 Å². The van der Waals surface area contributed by atoms with E-state index < -0.39 is 5.41 Å². The Morgan fingerprint density at radius 3 is 2.37 bits per heavy atom. The lowest BCUT2D eigenvalue weighted by Gasteiger charge is -2.41. The Morgan fingerprint density at radius 2 is 1.80 bits per heavy atom. The van der Waals surface area contributed by atoms with Crippen molar-refractivity contribution in [2.45, 2.75) is 63.8 Å². The maximum absolute atomic E-state index is 10.3. The number of hydrogen-bond acceptors (Lipinski definition) is 2. The van der Waals surface area contributed by atoms with E-state index in [1.54, 1.807) is 0 Å². The lowest BCUT2D eigenvalue weighted by atomic mass is 9.61. The summed E-state index contributed by atoms with van der Waals surface area (Å²) in [6.45, 7) is 6.56. The van der Waals surface area contributed by atoms with E-state index in [-0.39, 0.29) is 0 Å². The third-order valence-corrected chi connectivity index (χ3v) is 7.45. The van der Waals surface area contributed by atoms with Crippen LogP contribution in [-0.4, -0.2) is 24.0 Å². The number of rotatable bonds is 10. The smallest absolute Gasteiger partial charge is 0.0851 e. The van der Waals surface area contributed by atoms with Gasteiger partial charge in [0.15, 0.2) is 0 Å². The van der Waals surface area contributed by atoms with E-state index in [4.69, 9.17) is 23.2 Å². The Balaban J connectivity index is 1.68. The molecular formula is C26H32Cl2N2. The molecule has 1 unspecified atom stereocenters. The van der Waals surface area contributed by atoms with E-state index in [1.807, 2.05) is 18.2 Å². The molecule has 0 aromatic heterocycles. The summed E-state index contributed by atoms with van der Waals surface area (Å²) in [5.41, 5.74) is 1.94. The first-order valence-electron chi connectivity index (χ1n) is 11.1. The molecular weight excluding hydrogens is 411 g/mol. The molecule has 0 saturated heterocycles. The zero-order valence-electron chi connectivity index (χ0n) is 18.1. The van der Waals surface area contributed by atoms with E-state index in [0.717, 1.165) is 50.8 Å². The molecule has 3 rings (SSSR count). The van der Waals surface area contributed by atoms with E-state index in [9.17, 15) is 5.26 Å². The van der Waals surface area contributed by atoms with Crippen LogP contribution in [0.15, 0.2) is 48.5 Å². The maximum Gasteiger partial charge on any atom is 0.0851 e. The van der Waals surface area contributed by atoms with Crippen molar-refractivity contribution in [3.8, 4) is 6.07 Å². The molecule has 2 aromatic rings. The summed E-state index contributed by atoms with van der Waals surface area (Å²) in [5.74, 6) is 0.413. The second kappa shape index (κ2) is 10.7. The molecule has 2 nitrogen and oxygen atoms in total. The predicted molar refractivity (Wildman–Crippen MR) is 127 cm³/mol. The Hall–Kier alpha value is -1.53. The summed E-state index contributed by atoms with van der Waals surface area (Å²) in [6.07, 6.45) is 6.37. The first-order valence-corrected chi connectivity index (χ1v) is 11.9. The van der Waals surface area contributed by atoms with Gasteiger partial charge in [0.25, 0.3) is 0 Å². The molecule has 0 aliphatic heterocycles. The summed E-state index contributed by atoms with van der Waals surface area (Å²) in [6, 6.07) is 19.6. The minimum absolute atomic E-state index is 0.413. The van der Waals surface area contributed by atoms with Crippen LogP contribution in [0.2, 0.25) is 10.0 Å². The molecule has 0 bridgehead atoms. The van der Waals surface area contributed by atoms with Crippen LogP contribution in [-0.2, 0) is 11.8 Å². The van der Waals surface area contributed by atoms with Crippen molar-refractivity contribution in [1.82, 2.24) is 4.90 Å². The van der Waals surface area contributed by atoms with Crippen molar-refractivity contribution in [2.24, 2.45) is 5.92 Å². The largest absolute Gasteiger partial charge is 0.301 e. The summed E-state index contributed by atoms with van der Waals surface area (Å²) in [7, 11) is 0. The number of hydrogen-bond donors (Lipinski definition) is 0. The first-order chi connectivity index (χ1) is 14.5. The fourth-order valence-electron chi connectivity index (χ4n) is 4.58. The molecule has 1 aliphatic carbocycles. The molecule has 0 radical (unpaired) electrons. The molecule has 1 atom stereocenters. The lowest BCUT2D eigenvalue weighted by Crippen LogP contribution is -2.40. The highest BCUT2D eigenvalue weighted by atomic mass is 35.5. The highest BCUT2D eigenvalue weighted by Crippen LogP contribution is 2.47. The van der Waals surface area contributed by atoms with Crippen LogP contribution in [0.5, 0.6) is 0 Å². The average molecular weight is 443 g/mol. The summed E-state index contributed by atoms with van der Waals surface area (Å²) >= 11 is 12.5. The van der Waals surface area contributed by atoms with Crippen molar-refractivity contribution in [2.75, 3.05) is 13.1 Å². The molecule has 160 valence electrons. The minimum Gasteiger partial charge on any atom is -0.301 e. The van der Waals surface area contributed by atoms with Gasteiger partial charge in [-0.15, -0.1) is 0 Å². The molecule has 0 spiro atoms. The molecule has 1 saturated carbocycles. The van der Waals surface area contributed by atoms with Crippen LogP contribution in [0.25, 0.3) is 0 Å². The van der Waals surface area contributed by atoms with E-state index in [2.05, 4.69) is 55.1 Å². The van der Waals surface area contributed by atoms with Gasteiger partial charge in [0, 0.05) is 12.6 Å². The normalized spacial score (nSPS) is 16.3. The van der Waals surface area contributed by atoms with Crippen LogP contribution < -0.4 is 0 Å². The van der Waals surface area contributed by atoms with Gasteiger partial charge in [-0.3, -0.25) is 0 Å². The summed E-state index contributed by atoms with van der Waals surface area (Å²) in [5, 5.41) is 11.4. The molecule has 2 aromatic carbocycles. The number of halogens is 2. The lowest BCUT2D eigenvalue weighted by molar-refractivity contribution is 0.174. The Labute approximate surface area is 191 Å². The van der Waals surface area contributed by atoms with E-state index in [1.165, 1.54) is 12.0 Å². The van der Waals surface area contributed by atoms with Gasteiger partial charge in [0.2, 0.25) is 0 Å². The molecule has 0 amide bonds. The molecule has 1 fully saturated rings. The van der Waals surface area contributed by atoms with Crippen LogP contribution in [0.1, 0.15) is 57.1 Å². The molecule has 4 heteroatoms. The van der Waals surface area contributed by atoms with Gasteiger partial charge < -0.3 is 4.90 Å². The van der Waals surface area contributed by atoms with Crippen molar-refractivity contribution in [3.05, 3.63) is 69.7 Å². The zero-order chi connectivity index (χ0) is 21.6. The maximum atomic E-state index is 10.3. The second-order valence-electron chi connectivity index (χ2n) is 8.81. The van der Waals surface area contributed by atoms with Crippen molar-refractivity contribution in [1.29, 1.82) is 5.26 Å².